The van der Waals surface area contributed by atoms with Crippen LogP contribution in [0.2, 0.25) is 4.63 Å². The summed E-state index contributed by atoms with van der Waals surface area (Å²) in [7, 11) is 0. The molecular weight excluding hydrogens is 382 g/mol. The van der Waals surface area contributed by atoms with Crippen LogP contribution in [0.4, 0.5) is 0 Å². The number of hydrogen-bond donors (Lipinski definition) is 0. The topological polar surface area (TPSA) is 0 Å². The van der Waals surface area contributed by atoms with Crippen LogP contribution in [-0.4, -0.2) is 6.88 Å². The first-order valence-corrected chi connectivity index (χ1v) is 17.4. The predicted molar refractivity (Wildman–Crippen MR) is 93.2 cm³/mol. The molecule has 105 valence electrons. The molecule has 0 radical (unpaired) electrons. The molecule has 2 aromatic rings. The first-order chi connectivity index (χ1) is 8.69. The van der Waals surface area contributed by atoms with Crippen LogP contribution in [0.5, 0.6) is 0 Å². The van der Waals surface area contributed by atoms with E-state index < -0.39 is 18.9 Å². The van der Waals surface area contributed by atoms with Gasteiger partial charge in [0.15, 0.2) is 0 Å². The Hall–Kier alpha value is -0.140. The molecule has 2 unspecified atom stereocenters. The van der Waals surface area contributed by atoms with E-state index in [0.717, 1.165) is 0 Å². The second-order valence-corrected chi connectivity index (χ2v) is 23.9. The van der Waals surface area contributed by atoms with Gasteiger partial charge in [0.1, 0.15) is 0 Å². The Labute approximate surface area is 139 Å². The van der Waals surface area contributed by atoms with Crippen LogP contribution in [0, 0.1) is 0 Å². The second-order valence-electron chi connectivity index (χ2n) is 5.25. The molecule has 0 aliphatic heterocycles. The molecule has 0 N–H and O–H groups in total. The van der Waals surface area contributed by atoms with Gasteiger partial charge in [0.2, 0.25) is 0 Å². The summed E-state index contributed by atoms with van der Waals surface area (Å²) in [6, 6.07) is 20.0. The van der Waals surface area contributed by atoms with Crippen molar-refractivity contribution < 1.29 is 18.9 Å². The molecule has 0 spiro atoms. The van der Waals surface area contributed by atoms with E-state index in [1.165, 1.54) is 5.56 Å². The standard InChI is InChI=1S/C9H7.C6H5.CH3.2ClH.H2Si.Zr/c1-2-5-9-7-3-6-8(9)4-1;1-2-4-6-5-3-1;;;;;/h1-7H;1-5H;1H3;2*1H;1H2;. The van der Waals surface area contributed by atoms with Gasteiger partial charge >= 0.3 is 115 Å². The van der Waals surface area contributed by atoms with Crippen LogP contribution in [0.1, 0.15) is 14.8 Å². The number of benzene rings is 2. The Balaban J connectivity index is 0.000001000. The van der Waals surface area contributed by atoms with Gasteiger partial charge < -0.3 is 0 Å². The van der Waals surface area contributed by atoms with E-state index in [2.05, 4.69) is 78.3 Å². The van der Waals surface area contributed by atoms with Gasteiger partial charge in [-0.15, -0.1) is 24.8 Å². The molecule has 1 aliphatic carbocycles. The number of hydrogen-bond acceptors (Lipinski definition) is 0. The van der Waals surface area contributed by atoms with Crippen molar-refractivity contribution in [3.8, 4) is 0 Å². The van der Waals surface area contributed by atoms with Gasteiger partial charge in [-0.3, -0.25) is 0 Å². The number of halogens is 2. The SMILES string of the molecule is Cl.Cl.[CH3][Zr](=[SiH2])([c]1ccccc1)[CH]1C=Cc2ccccc21. The van der Waals surface area contributed by atoms with Gasteiger partial charge in [0, 0.05) is 0 Å². The molecule has 0 nitrogen and oxygen atoms in total. The maximum atomic E-state index is 2.56. The molecule has 0 saturated heterocycles. The molecule has 4 heteroatoms. The quantitative estimate of drug-likeness (QED) is 0.674. The summed E-state index contributed by atoms with van der Waals surface area (Å²) in [5.74, 6) is 0. The monoisotopic (exact) mass is 399 g/mol. The summed E-state index contributed by atoms with van der Waals surface area (Å²) in [6.45, 7) is 2.31. The third-order valence-corrected chi connectivity index (χ3v) is 17.6. The second kappa shape index (κ2) is 7.22. The number of fused-ring (bicyclic) bond motifs is 1. The molecule has 0 bridgehead atoms. The van der Waals surface area contributed by atoms with Gasteiger partial charge in [-0.1, -0.05) is 0 Å². The molecule has 2 atom stereocenters. The zero-order chi connectivity index (χ0) is 12.6. The fraction of sp³-hybridized carbons (Fsp3) is 0.125. The molecule has 0 aromatic heterocycles. The Morgan fingerprint density at radius 3 is 2.20 bits per heavy atom. The normalized spacial score (nSPS) is 18.4. The summed E-state index contributed by atoms with van der Waals surface area (Å²) < 4.78 is 4.87. The summed E-state index contributed by atoms with van der Waals surface area (Å²) >= 11 is -2.28. The summed E-state index contributed by atoms with van der Waals surface area (Å²) in [5, 5.41) is 0. The molecule has 0 saturated carbocycles. The molecule has 3 rings (SSSR count). The summed E-state index contributed by atoms with van der Waals surface area (Å²) in [6.07, 6.45) is 4.76. The zero-order valence-corrected chi connectivity index (χ0v) is 17.0. The van der Waals surface area contributed by atoms with Gasteiger partial charge in [0.05, 0.1) is 0 Å². The van der Waals surface area contributed by atoms with Crippen LogP contribution in [0.3, 0.4) is 0 Å². The third kappa shape index (κ3) is 3.20. The van der Waals surface area contributed by atoms with Crippen molar-refractivity contribution in [2.75, 3.05) is 0 Å². The Morgan fingerprint density at radius 2 is 1.50 bits per heavy atom. The van der Waals surface area contributed by atoms with Gasteiger partial charge in [0.25, 0.3) is 0 Å². The molecule has 1 aliphatic rings. The minimum atomic E-state index is -2.28. The first kappa shape index (κ1) is 17.9. The Morgan fingerprint density at radius 1 is 0.900 bits per heavy atom. The van der Waals surface area contributed by atoms with E-state index in [4.69, 9.17) is 0 Å². The number of rotatable bonds is 2. The average molecular weight is 402 g/mol. The van der Waals surface area contributed by atoms with E-state index in [1.807, 2.05) is 0 Å². The Bertz CT molecular complexity index is 653. The van der Waals surface area contributed by atoms with Crippen molar-refractivity contribution in [2.24, 2.45) is 0 Å². The van der Waals surface area contributed by atoms with Crippen molar-refractivity contribution in [3.63, 3.8) is 0 Å². The van der Waals surface area contributed by atoms with Gasteiger partial charge in [-0.05, 0) is 0 Å². The van der Waals surface area contributed by atoms with Crippen LogP contribution < -0.4 is 3.27 Å². The van der Waals surface area contributed by atoms with Crippen molar-refractivity contribution >= 4 is 41.0 Å². The maximum absolute atomic E-state index is 2.56. The molecule has 0 heterocycles. The van der Waals surface area contributed by atoms with E-state index in [0.29, 0.717) is 3.63 Å². The summed E-state index contributed by atoms with van der Waals surface area (Å²) in [5.41, 5.74) is 2.97. The van der Waals surface area contributed by atoms with Gasteiger partial charge in [-0.25, -0.2) is 0 Å². The van der Waals surface area contributed by atoms with Crippen LogP contribution in [-0.2, 0) is 18.9 Å². The van der Waals surface area contributed by atoms with Crippen molar-refractivity contribution in [1.29, 1.82) is 0 Å². The first-order valence-electron chi connectivity index (χ1n) is 6.37. The van der Waals surface area contributed by atoms with Crippen molar-refractivity contribution in [2.45, 2.75) is 8.26 Å². The van der Waals surface area contributed by atoms with Crippen molar-refractivity contribution in [3.05, 3.63) is 71.8 Å². The predicted octanol–water partition coefficient (Wildman–Crippen LogP) is 3.67. The van der Waals surface area contributed by atoms with E-state index >= 15 is 0 Å². The van der Waals surface area contributed by atoms with Crippen LogP contribution >= 0.6 is 24.8 Å². The fourth-order valence-electron chi connectivity index (χ4n) is 2.80. The Kier molecular flexibility index (Phi) is 6.47. The van der Waals surface area contributed by atoms with E-state index in [9.17, 15) is 0 Å². The van der Waals surface area contributed by atoms with E-state index in [-0.39, 0.29) is 24.8 Å². The van der Waals surface area contributed by atoms with Gasteiger partial charge in [-0.2, -0.15) is 0 Å². The third-order valence-electron chi connectivity index (χ3n) is 3.92. The fourth-order valence-corrected chi connectivity index (χ4v) is 13.1. The molecule has 2 aromatic carbocycles. The average Bonchev–Trinajstić information content (AvgIpc) is 2.84. The molecule has 0 amide bonds. The molecular formula is C16H19Cl2SiZr. The summed E-state index contributed by atoms with van der Waals surface area (Å²) in [4.78, 5) is 0. The number of allylic oxidation sites excluding steroid dienone is 1. The minimum absolute atomic E-state index is 0. The van der Waals surface area contributed by atoms with Crippen LogP contribution in [0.25, 0.3) is 6.08 Å². The van der Waals surface area contributed by atoms with E-state index in [1.54, 1.807) is 8.83 Å². The van der Waals surface area contributed by atoms with Crippen molar-refractivity contribution in [1.82, 2.24) is 0 Å². The van der Waals surface area contributed by atoms with Crippen LogP contribution in [0.15, 0.2) is 60.7 Å². The molecule has 0 fully saturated rings. The zero-order valence-electron chi connectivity index (χ0n) is 11.5. The molecule has 20 heavy (non-hydrogen) atoms.